The fourth-order valence-electron chi connectivity index (χ4n) is 3.93. The molecule has 1 aliphatic rings. The highest BCUT2D eigenvalue weighted by molar-refractivity contribution is 6.10. The Morgan fingerprint density at radius 1 is 0.931 bits per heavy atom. The standard InChI is InChI=1S/C23H20N4O2/c28-23(27-12-10-26(11-13-27)22-15-24-8-9-25-22)21-6-2-4-19-18(3-1-5-20(19)21)17-7-14-29-16-17/h1-9,14-16H,10-13H2. The molecule has 1 aliphatic heterocycles. The summed E-state index contributed by atoms with van der Waals surface area (Å²) in [6, 6.07) is 13.9. The van der Waals surface area contributed by atoms with Gasteiger partial charge < -0.3 is 14.2 Å². The smallest absolute Gasteiger partial charge is 0.254 e. The van der Waals surface area contributed by atoms with E-state index in [1.165, 1.54) is 0 Å². The molecule has 0 atom stereocenters. The number of amides is 1. The zero-order valence-electron chi connectivity index (χ0n) is 15.9. The van der Waals surface area contributed by atoms with Crippen molar-refractivity contribution in [3.05, 3.63) is 79.1 Å². The molecule has 6 nitrogen and oxygen atoms in total. The molecule has 5 rings (SSSR count). The minimum Gasteiger partial charge on any atom is -0.472 e. The molecule has 29 heavy (non-hydrogen) atoms. The van der Waals surface area contributed by atoms with Gasteiger partial charge in [0.15, 0.2) is 0 Å². The van der Waals surface area contributed by atoms with Crippen molar-refractivity contribution in [1.29, 1.82) is 0 Å². The van der Waals surface area contributed by atoms with Crippen LogP contribution in [0.2, 0.25) is 0 Å². The van der Waals surface area contributed by atoms with Crippen LogP contribution in [0, 0.1) is 0 Å². The Bertz CT molecular complexity index is 1130. The summed E-state index contributed by atoms with van der Waals surface area (Å²) in [5.74, 6) is 0.924. The van der Waals surface area contributed by atoms with Crippen LogP contribution < -0.4 is 4.90 Å². The van der Waals surface area contributed by atoms with Gasteiger partial charge >= 0.3 is 0 Å². The third-order valence-electron chi connectivity index (χ3n) is 5.43. The van der Waals surface area contributed by atoms with E-state index < -0.39 is 0 Å². The first-order valence-electron chi connectivity index (χ1n) is 9.66. The fraction of sp³-hybridized carbons (Fsp3) is 0.174. The van der Waals surface area contributed by atoms with Crippen molar-refractivity contribution in [1.82, 2.24) is 14.9 Å². The van der Waals surface area contributed by atoms with Gasteiger partial charge in [-0.2, -0.15) is 0 Å². The van der Waals surface area contributed by atoms with Gasteiger partial charge in [-0.25, -0.2) is 4.98 Å². The average molecular weight is 384 g/mol. The maximum atomic E-state index is 13.3. The summed E-state index contributed by atoms with van der Waals surface area (Å²) in [5, 5.41) is 2.02. The molecule has 144 valence electrons. The summed E-state index contributed by atoms with van der Waals surface area (Å²) < 4.78 is 5.25. The molecule has 1 fully saturated rings. The van der Waals surface area contributed by atoms with E-state index in [1.807, 2.05) is 35.2 Å². The number of piperazine rings is 1. The van der Waals surface area contributed by atoms with Crippen LogP contribution in [-0.2, 0) is 0 Å². The summed E-state index contributed by atoms with van der Waals surface area (Å²) in [4.78, 5) is 25.9. The van der Waals surface area contributed by atoms with Gasteiger partial charge in [-0.1, -0.05) is 30.3 Å². The van der Waals surface area contributed by atoms with Crippen molar-refractivity contribution in [2.75, 3.05) is 31.1 Å². The van der Waals surface area contributed by atoms with Gasteiger partial charge in [-0.15, -0.1) is 0 Å². The van der Waals surface area contributed by atoms with E-state index in [1.54, 1.807) is 31.1 Å². The molecule has 0 radical (unpaired) electrons. The van der Waals surface area contributed by atoms with Crippen LogP contribution >= 0.6 is 0 Å². The lowest BCUT2D eigenvalue weighted by Crippen LogP contribution is -2.49. The van der Waals surface area contributed by atoms with Gasteiger partial charge in [0.25, 0.3) is 5.91 Å². The number of aromatic nitrogens is 2. The van der Waals surface area contributed by atoms with Gasteiger partial charge in [-0.3, -0.25) is 9.78 Å². The van der Waals surface area contributed by atoms with Crippen LogP contribution in [0.25, 0.3) is 21.9 Å². The summed E-state index contributed by atoms with van der Waals surface area (Å²) >= 11 is 0. The molecule has 6 heteroatoms. The number of carbonyl (C=O) groups is 1. The lowest BCUT2D eigenvalue weighted by Gasteiger charge is -2.35. The van der Waals surface area contributed by atoms with E-state index in [2.05, 4.69) is 27.0 Å². The maximum absolute atomic E-state index is 13.3. The molecule has 0 unspecified atom stereocenters. The molecule has 1 saturated heterocycles. The fourth-order valence-corrected chi connectivity index (χ4v) is 3.93. The second kappa shape index (κ2) is 7.39. The number of hydrogen-bond donors (Lipinski definition) is 0. The number of rotatable bonds is 3. The molecule has 1 amide bonds. The predicted molar refractivity (Wildman–Crippen MR) is 112 cm³/mol. The molecule has 0 aliphatic carbocycles. The van der Waals surface area contributed by atoms with Crippen molar-refractivity contribution in [3.63, 3.8) is 0 Å². The van der Waals surface area contributed by atoms with Crippen LogP contribution in [0.4, 0.5) is 5.82 Å². The van der Waals surface area contributed by atoms with Crippen molar-refractivity contribution >= 4 is 22.5 Å². The minimum absolute atomic E-state index is 0.0683. The highest BCUT2D eigenvalue weighted by Crippen LogP contribution is 2.31. The van der Waals surface area contributed by atoms with E-state index in [0.29, 0.717) is 13.1 Å². The molecular formula is C23H20N4O2. The first-order valence-corrected chi connectivity index (χ1v) is 9.66. The van der Waals surface area contributed by atoms with Crippen LogP contribution in [0.1, 0.15) is 10.4 Å². The van der Waals surface area contributed by atoms with E-state index in [-0.39, 0.29) is 5.91 Å². The zero-order chi connectivity index (χ0) is 19.6. The van der Waals surface area contributed by atoms with E-state index in [9.17, 15) is 4.79 Å². The van der Waals surface area contributed by atoms with Crippen molar-refractivity contribution in [2.45, 2.75) is 0 Å². The number of nitrogens with zero attached hydrogens (tertiary/aromatic N) is 4. The summed E-state index contributed by atoms with van der Waals surface area (Å²) in [7, 11) is 0. The lowest BCUT2D eigenvalue weighted by atomic mass is 9.96. The average Bonchev–Trinajstić information content (AvgIpc) is 3.33. The van der Waals surface area contributed by atoms with Crippen LogP contribution in [-0.4, -0.2) is 47.0 Å². The third-order valence-corrected chi connectivity index (χ3v) is 5.43. The first kappa shape index (κ1) is 17.4. The monoisotopic (exact) mass is 384 g/mol. The Morgan fingerprint density at radius 2 is 1.76 bits per heavy atom. The quantitative estimate of drug-likeness (QED) is 0.537. The molecule has 3 heterocycles. The van der Waals surface area contributed by atoms with Gasteiger partial charge in [0.2, 0.25) is 0 Å². The van der Waals surface area contributed by atoms with Crippen LogP contribution in [0.3, 0.4) is 0 Å². The van der Waals surface area contributed by atoms with Gasteiger partial charge in [0.1, 0.15) is 5.82 Å². The number of furan rings is 1. The first-order chi connectivity index (χ1) is 14.3. The normalized spacial score (nSPS) is 14.3. The largest absolute Gasteiger partial charge is 0.472 e. The summed E-state index contributed by atoms with van der Waals surface area (Å²) in [6.45, 7) is 2.81. The Hall–Kier alpha value is -3.67. The van der Waals surface area contributed by atoms with Gasteiger partial charge in [-0.05, 0) is 28.5 Å². The molecule has 2 aromatic carbocycles. The van der Waals surface area contributed by atoms with E-state index in [0.717, 1.165) is 46.4 Å². The summed E-state index contributed by atoms with van der Waals surface area (Å²) in [6.07, 6.45) is 8.52. The van der Waals surface area contributed by atoms with Gasteiger partial charge in [0, 0.05) is 49.7 Å². The molecule has 0 saturated carbocycles. The molecule has 0 spiro atoms. The topological polar surface area (TPSA) is 62.5 Å². The van der Waals surface area contributed by atoms with Crippen molar-refractivity contribution < 1.29 is 9.21 Å². The molecule has 0 bridgehead atoms. The highest BCUT2D eigenvalue weighted by atomic mass is 16.3. The molecule has 0 N–H and O–H groups in total. The second-order valence-corrected chi connectivity index (χ2v) is 7.06. The third kappa shape index (κ3) is 3.23. The number of fused-ring (bicyclic) bond motifs is 1. The highest BCUT2D eigenvalue weighted by Gasteiger charge is 2.24. The number of carbonyl (C=O) groups excluding carboxylic acids is 1. The predicted octanol–water partition coefficient (Wildman–Crippen LogP) is 3.85. The second-order valence-electron chi connectivity index (χ2n) is 7.06. The molecular weight excluding hydrogens is 364 g/mol. The number of anilines is 1. The zero-order valence-corrected chi connectivity index (χ0v) is 15.9. The maximum Gasteiger partial charge on any atom is 0.254 e. The lowest BCUT2D eigenvalue weighted by molar-refractivity contribution is 0.0748. The Balaban J connectivity index is 1.41. The molecule has 2 aromatic heterocycles. The van der Waals surface area contributed by atoms with E-state index >= 15 is 0 Å². The Kier molecular flexibility index (Phi) is 4.44. The SMILES string of the molecule is O=C(c1cccc2c(-c3ccoc3)cccc12)N1CCN(c2cnccn2)CC1. The van der Waals surface area contributed by atoms with Crippen LogP contribution in [0.5, 0.6) is 0 Å². The number of hydrogen-bond acceptors (Lipinski definition) is 5. The van der Waals surface area contributed by atoms with Crippen molar-refractivity contribution in [2.24, 2.45) is 0 Å². The Labute approximate surface area is 168 Å². The molecule has 4 aromatic rings. The Morgan fingerprint density at radius 3 is 2.52 bits per heavy atom. The van der Waals surface area contributed by atoms with Crippen molar-refractivity contribution in [3.8, 4) is 11.1 Å². The van der Waals surface area contributed by atoms with Gasteiger partial charge in [0.05, 0.1) is 18.7 Å². The summed E-state index contributed by atoms with van der Waals surface area (Å²) in [5.41, 5.74) is 2.82. The number of benzene rings is 2. The van der Waals surface area contributed by atoms with Crippen LogP contribution in [0.15, 0.2) is 78.0 Å². The van der Waals surface area contributed by atoms with E-state index in [4.69, 9.17) is 4.42 Å². The minimum atomic E-state index is 0.0683.